The highest BCUT2D eigenvalue weighted by molar-refractivity contribution is 9.10. The van der Waals surface area contributed by atoms with Gasteiger partial charge >= 0.3 is 0 Å². The van der Waals surface area contributed by atoms with Crippen molar-refractivity contribution in [2.75, 3.05) is 30.9 Å². The Morgan fingerprint density at radius 2 is 1.58 bits per heavy atom. The van der Waals surface area contributed by atoms with Crippen LogP contribution in [0, 0.1) is 5.92 Å². The molecule has 1 fully saturated rings. The van der Waals surface area contributed by atoms with Gasteiger partial charge in [-0.1, -0.05) is 52.3 Å². The van der Waals surface area contributed by atoms with Gasteiger partial charge in [-0.05, 0) is 85.7 Å². The second-order valence-corrected chi connectivity index (χ2v) is 11.3. The lowest BCUT2D eigenvalue weighted by Crippen LogP contribution is -2.31. The number of rotatable bonds is 10. The summed E-state index contributed by atoms with van der Waals surface area (Å²) in [5, 5.41) is 8.36. The second kappa shape index (κ2) is 12.6. The monoisotopic (exact) mass is 573 g/mol. The summed E-state index contributed by atoms with van der Waals surface area (Å²) in [7, 11) is 4.06. The van der Waals surface area contributed by atoms with Gasteiger partial charge in [0.2, 0.25) is 5.95 Å². The second-order valence-electron chi connectivity index (χ2n) is 10.3. The van der Waals surface area contributed by atoms with Crippen LogP contribution in [0.2, 0.25) is 0 Å². The fourth-order valence-corrected chi connectivity index (χ4v) is 5.29. The zero-order chi connectivity index (χ0) is 26.3. The Kier molecular flexibility index (Phi) is 8.76. The van der Waals surface area contributed by atoms with Crippen LogP contribution in [0.5, 0.6) is 5.75 Å². The van der Waals surface area contributed by atoms with E-state index in [2.05, 4.69) is 80.0 Å². The molecule has 198 valence electrons. The van der Waals surface area contributed by atoms with Crippen LogP contribution in [0.15, 0.2) is 77.3 Å². The maximum Gasteiger partial charge on any atom is 0.225 e. The van der Waals surface area contributed by atoms with E-state index in [0.717, 1.165) is 64.4 Å². The third-order valence-corrected chi connectivity index (χ3v) is 7.72. The summed E-state index contributed by atoms with van der Waals surface area (Å²) in [6.45, 7) is 2.50. The van der Waals surface area contributed by atoms with Crippen LogP contribution in [-0.2, 0) is 13.2 Å². The lowest BCUT2D eigenvalue weighted by Gasteiger charge is -2.29. The van der Waals surface area contributed by atoms with Crippen LogP contribution in [0.1, 0.15) is 36.8 Å². The largest absolute Gasteiger partial charge is 0.489 e. The number of aromatic nitrogens is 2. The van der Waals surface area contributed by atoms with Crippen LogP contribution in [0.3, 0.4) is 0 Å². The molecule has 1 aliphatic rings. The molecule has 0 spiro atoms. The number of halogens is 1. The molecule has 0 aliphatic heterocycles. The van der Waals surface area contributed by atoms with E-state index >= 15 is 0 Å². The van der Waals surface area contributed by atoms with Gasteiger partial charge in [0, 0.05) is 36.5 Å². The molecule has 2 N–H and O–H groups in total. The Hall–Kier alpha value is -3.16. The topological polar surface area (TPSA) is 62.3 Å². The van der Waals surface area contributed by atoms with E-state index < -0.39 is 0 Å². The maximum absolute atomic E-state index is 5.93. The quantitative estimate of drug-likeness (QED) is 0.217. The van der Waals surface area contributed by atoms with Gasteiger partial charge in [0.1, 0.15) is 18.2 Å². The molecule has 0 bridgehead atoms. The highest BCUT2D eigenvalue weighted by Gasteiger charge is 2.22. The van der Waals surface area contributed by atoms with Gasteiger partial charge in [-0.25, -0.2) is 4.98 Å². The zero-order valence-electron chi connectivity index (χ0n) is 22.2. The third-order valence-electron chi connectivity index (χ3n) is 7.19. The molecule has 1 saturated carbocycles. The highest BCUT2D eigenvalue weighted by atomic mass is 79.9. The molecule has 0 unspecified atom stereocenters. The Balaban J connectivity index is 1.04. The molecule has 0 saturated heterocycles. The van der Waals surface area contributed by atoms with E-state index in [0.29, 0.717) is 18.6 Å². The van der Waals surface area contributed by atoms with E-state index in [1.165, 1.54) is 18.4 Å². The Bertz CT molecular complexity index is 1320. The summed E-state index contributed by atoms with van der Waals surface area (Å²) in [4.78, 5) is 11.7. The molecular weight excluding hydrogens is 538 g/mol. The predicted molar refractivity (Wildman–Crippen MR) is 160 cm³/mol. The van der Waals surface area contributed by atoms with Crippen molar-refractivity contribution >= 4 is 38.6 Å². The molecule has 6 nitrogen and oxygen atoms in total. The molecule has 0 atom stereocenters. The molecule has 4 aromatic rings. The van der Waals surface area contributed by atoms with Gasteiger partial charge in [-0.15, -0.1) is 0 Å². The number of nitrogens with one attached hydrogen (secondary N) is 2. The van der Waals surface area contributed by atoms with Gasteiger partial charge in [-0.3, -0.25) is 0 Å². The molecule has 1 heterocycles. The molecule has 5 rings (SSSR count). The third kappa shape index (κ3) is 7.03. The van der Waals surface area contributed by atoms with E-state index in [-0.39, 0.29) is 0 Å². The molecule has 7 heteroatoms. The predicted octanol–water partition coefficient (Wildman–Crippen LogP) is 6.80. The number of para-hydroxylation sites is 1. The van der Waals surface area contributed by atoms with Crippen LogP contribution < -0.4 is 20.3 Å². The van der Waals surface area contributed by atoms with Gasteiger partial charge in [0.15, 0.2) is 0 Å². The Morgan fingerprint density at radius 3 is 2.32 bits per heavy atom. The first kappa shape index (κ1) is 26.4. The molecule has 0 radical (unpaired) electrons. The maximum atomic E-state index is 5.93. The number of nitrogens with zero attached hydrogens (tertiary/aromatic N) is 3. The summed E-state index contributed by atoms with van der Waals surface area (Å²) >= 11 is 3.47. The smallest absolute Gasteiger partial charge is 0.225 e. The summed E-state index contributed by atoms with van der Waals surface area (Å²) in [6.07, 6.45) is 4.71. The number of hydrogen-bond acceptors (Lipinski definition) is 6. The van der Waals surface area contributed by atoms with Crippen LogP contribution in [0.4, 0.5) is 11.8 Å². The summed E-state index contributed by atoms with van der Waals surface area (Å²) < 4.78 is 7.01. The van der Waals surface area contributed by atoms with Crippen molar-refractivity contribution in [3.63, 3.8) is 0 Å². The average molecular weight is 575 g/mol. The van der Waals surface area contributed by atoms with Gasteiger partial charge in [0.25, 0.3) is 0 Å². The number of anilines is 2. The number of ether oxygens (including phenoxy) is 1. The minimum atomic E-state index is 0.423. The fraction of sp³-hybridized carbons (Fsp3) is 0.355. The van der Waals surface area contributed by atoms with Crippen molar-refractivity contribution in [1.29, 1.82) is 0 Å². The van der Waals surface area contributed by atoms with Crippen LogP contribution >= 0.6 is 15.9 Å². The van der Waals surface area contributed by atoms with Crippen molar-refractivity contribution in [2.45, 2.75) is 44.9 Å². The average Bonchev–Trinajstić information content (AvgIpc) is 2.94. The zero-order valence-corrected chi connectivity index (χ0v) is 23.7. The van der Waals surface area contributed by atoms with Crippen molar-refractivity contribution in [2.24, 2.45) is 5.92 Å². The highest BCUT2D eigenvalue weighted by Crippen LogP contribution is 2.28. The minimum Gasteiger partial charge on any atom is -0.489 e. The normalized spacial score (nSPS) is 17.3. The molecule has 38 heavy (non-hydrogen) atoms. The molecule has 3 aromatic carbocycles. The first-order chi connectivity index (χ1) is 18.5. The van der Waals surface area contributed by atoms with Crippen molar-refractivity contribution in [3.05, 3.63) is 88.4 Å². The Labute approximate surface area is 234 Å². The molecule has 1 aromatic heterocycles. The van der Waals surface area contributed by atoms with Gasteiger partial charge in [0.05, 0.1) is 5.52 Å². The lowest BCUT2D eigenvalue weighted by atomic mass is 9.86. The van der Waals surface area contributed by atoms with Crippen LogP contribution in [0.25, 0.3) is 10.9 Å². The molecule has 0 amide bonds. The van der Waals surface area contributed by atoms with Gasteiger partial charge in [-0.2, -0.15) is 4.98 Å². The summed E-state index contributed by atoms with van der Waals surface area (Å²) in [5.74, 6) is 3.30. The SMILES string of the molecule is CN(C)c1nc(N[C@H]2CC[C@@H](CNCc3ccc(OCc4ccc(Br)cc4)cc3)CC2)nc2ccccc12. The van der Waals surface area contributed by atoms with E-state index in [4.69, 9.17) is 14.7 Å². The summed E-state index contributed by atoms with van der Waals surface area (Å²) in [6, 6.07) is 25.3. The Morgan fingerprint density at radius 1 is 0.868 bits per heavy atom. The van der Waals surface area contributed by atoms with E-state index in [9.17, 15) is 0 Å². The van der Waals surface area contributed by atoms with Crippen molar-refractivity contribution < 1.29 is 4.74 Å². The minimum absolute atomic E-state index is 0.423. The first-order valence-electron chi connectivity index (χ1n) is 13.4. The van der Waals surface area contributed by atoms with Gasteiger partial charge < -0.3 is 20.3 Å². The van der Waals surface area contributed by atoms with E-state index in [1.54, 1.807) is 0 Å². The van der Waals surface area contributed by atoms with E-state index in [1.807, 2.05) is 38.4 Å². The summed E-state index contributed by atoms with van der Waals surface area (Å²) in [5.41, 5.74) is 3.42. The lowest BCUT2D eigenvalue weighted by molar-refractivity contribution is 0.306. The number of benzene rings is 3. The number of fused-ring (bicyclic) bond motifs is 1. The fourth-order valence-electron chi connectivity index (χ4n) is 5.03. The van der Waals surface area contributed by atoms with Crippen LogP contribution in [-0.4, -0.2) is 36.6 Å². The van der Waals surface area contributed by atoms with Crippen molar-refractivity contribution in [3.8, 4) is 5.75 Å². The molecule has 1 aliphatic carbocycles. The molecular formula is C31H36BrN5O. The number of hydrogen-bond donors (Lipinski definition) is 2. The standard InChI is InChI=1S/C31H36BrN5O/c1-37(2)30-28-5-3-4-6-29(28)35-31(36-30)34-26-15-9-22(10-16-26)19-33-20-23-11-17-27(18-12-23)38-21-24-7-13-25(32)14-8-24/h3-8,11-14,17-18,22,26,33H,9-10,15-16,19-21H2,1-2H3,(H,34,35,36)/t22-,26+. The first-order valence-corrected chi connectivity index (χ1v) is 14.2. The van der Waals surface area contributed by atoms with Crippen molar-refractivity contribution in [1.82, 2.24) is 15.3 Å².